The summed E-state index contributed by atoms with van der Waals surface area (Å²) in [5.41, 5.74) is 5.35. The van der Waals surface area contributed by atoms with Crippen molar-refractivity contribution < 1.29 is 4.79 Å². The highest BCUT2D eigenvalue weighted by Gasteiger charge is 2.18. The minimum atomic E-state index is -0.262. The fourth-order valence-electron chi connectivity index (χ4n) is 1.51. The van der Waals surface area contributed by atoms with Crippen molar-refractivity contribution in [3.63, 3.8) is 0 Å². The van der Waals surface area contributed by atoms with E-state index in [-0.39, 0.29) is 11.9 Å². The van der Waals surface area contributed by atoms with Crippen LogP contribution in [0.4, 0.5) is 0 Å². The molecule has 1 unspecified atom stereocenters. The Hall–Kier alpha value is -0.610. The Morgan fingerprint density at radius 2 is 2.00 bits per heavy atom. The molecule has 90 valence electrons. The summed E-state index contributed by atoms with van der Waals surface area (Å²) in [5.74, 6) is -0.262. The first-order chi connectivity index (χ1) is 7.02. The molecule has 4 nitrogen and oxygen atoms in total. The maximum Gasteiger partial charge on any atom is 0.235 e. The van der Waals surface area contributed by atoms with E-state index in [9.17, 15) is 4.79 Å². The van der Waals surface area contributed by atoms with Gasteiger partial charge in [-0.2, -0.15) is 0 Å². The average molecular weight is 215 g/mol. The van der Waals surface area contributed by atoms with Crippen LogP contribution in [-0.2, 0) is 4.79 Å². The number of primary amides is 1. The highest BCUT2D eigenvalue weighted by molar-refractivity contribution is 5.80. The first-order valence-electron chi connectivity index (χ1n) is 5.79. The molecule has 0 bridgehead atoms. The number of hydrogen-bond donors (Lipinski definition) is 2. The van der Waals surface area contributed by atoms with Crippen molar-refractivity contribution in [3.8, 4) is 0 Å². The van der Waals surface area contributed by atoms with E-state index in [4.69, 9.17) is 5.73 Å². The van der Waals surface area contributed by atoms with Gasteiger partial charge in [-0.05, 0) is 33.4 Å². The molecule has 4 heteroatoms. The lowest BCUT2D eigenvalue weighted by Gasteiger charge is -2.28. The van der Waals surface area contributed by atoms with Crippen molar-refractivity contribution in [2.75, 3.05) is 19.6 Å². The van der Waals surface area contributed by atoms with Crippen LogP contribution < -0.4 is 11.1 Å². The van der Waals surface area contributed by atoms with Crippen LogP contribution in [0, 0.1) is 0 Å². The fourth-order valence-corrected chi connectivity index (χ4v) is 1.51. The molecule has 0 aliphatic carbocycles. The summed E-state index contributed by atoms with van der Waals surface area (Å²) in [7, 11) is 0. The van der Waals surface area contributed by atoms with Gasteiger partial charge in [0.15, 0.2) is 0 Å². The molecule has 0 fully saturated rings. The summed E-state index contributed by atoms with van der Waals surface area (Å²) in [5, 5.41) is 3.17. The Labute approximate surface area is 93.2 Å². The summed E-state index contributed by atoms with van der Waals surface area (Å²) in [6, 6.07) is 0.215. The van der Waals surface area contributed by atoms with Crippen molar-refractivity contribution in [3.05, 3.63) is 0 Å². The second kappa shape index (κ2) is 7.65. The van der Waals surface area contributed by atoms with Crippen molar-refractivity contribution >= 4 is 5.91 Å². The lowest BCUT2D eigenvalue weighted by atomic mass is 10.2. The number of nitrogens with two attached hydrogens (primary N) is 1. The second-order valence-corrected chi connectivity index (χ2v) is 4.09. The first-order valence-corrected chi connectivity index (χ1v) is 5.79. The van der Waals surface area contributed by atoms with E-state index < -0.39 is 0 Å². The maximum atomic E-state index is 11.2. The number of nitrogens with one attached hydrogen (secondary N) is 1. The van der Waals surface area contributed by atoms with Gasteiger partial charge in [-0.3, -0.25) is 9.69 Å². The lowest BCUT2D eigenvalue weighted by Crippen LogP contribution is -2.50. The van der Waals surface area contributed by atoms with E-state index in [1.54, 1.807) is 0 Å². The quantitative estimate of drug-likeness (QED) is 0.622. The summed E-state index contributed by atoms with van der Waals surface area (Å²) >= 11 is 0. The minimum Gasteiger partial charge on any atom is -0.368 e. The molecule has 0 aliphatic heterocycles. The van der Waals surface area contributed by atoms with Gasteiger partial charge in [0.1, 0.15) is 0 Å². The molecule has 0 radical (unpaired) electrons. The summed E-state index contributed by atoms with van der Waals surface area (Å²) in [6.07, 6.45) is 1.01. The van der Waals surface area contributed by atoms with Gasteiger partial charge in [-0.1, -0.05) is 13.8 Å². The SMILES string of the molecule is CCCNC(CN(CC)C(C)C)C(N)=O. The molecule has 0 aliphatic rings. The number of nitrogens with zero attached hydrogens (tertiary/aromatic N) is 1. The molecule has 0 aromatic heterocycles. The average Bonchev–Trinajstić information content (AvgIpc) is 2.17. The molecule has 0 aromatic carbocycles. The number of likely N-dealkylation sites (N-methyl/N-ethyl adjacent to an activating group) is 1. The van der Waals surface area contributed by atoms with Crippen molar-refractivity contribution in [2.24, 2.45) is 5.73 Å². The Kier molecular flexibility index (Phi) is 7.34. The molecule has 0 saturated heterocycles. The third-order valence-corrected chi connectivity index (χ3v) is 2.54. The molecular formula is C11H25N3O. The van der Waals surface area contributed by atoms with E-state index in [0.717, 1.165) is 19.5 Å². The van der Waals surface area contributed by atoms with Gasteiger partial charge in [0.05, 0.1) is 6.04 Å². The van der Waals surface area contributed by atoms with Gasteiger partial charge in [0.2, 0.25) is 5.91 Å². The van der Waals surface area contributed by atoms with Crippen LogP contribution in [-0.4, -0.2) is 42.5 Å². The molecule has 0 heterocycles. The number of carbonyl (C=O) groups is 1. The Morgan fingerprint density at radius 3 is 2.33 bits per heavy atom. The van der Waals surface area contributed by atoms with Crippen LogP contribution >= 0.6 is 0 Å². The van der Waals surface area contributed by atoms with Gasteiger partial charge in [-0.25, -0.2) is 0 Å². The largest absolute Gasteiger partial charge is 0.368 e. The summed E-state index contributed by atoms with van der Waals surface area (Å²) in [6.45, 7) is 10.9. The maximum absolute atomic E-state index is 11.2. The van der Waals surface area contributed by atoms with Crippen LogP contribution in [0.15, 0.2) is 0 Å². The second-order valence-electron chi connectivity index (χ2n) is 4.09. The fraction of sp³-hybridized carbons (Fsp3) is 0.909. The number of carbonyl (C=O) groups excluding carboxylic acids is 1. The summed E-state index contributed by atoms with van der Waals surface area (Å²) in [4.78, 5) is 13.4. The Bertz CT molecular complexity index is 183. The van der Waals surface area contributed by atoms with Gasteiger partial charge in [-0.15, -0.1) is 0 Å². The van der Waals surface area contributed by atoms with Crippen LogP contribution in [0.3, 0.4) is 0 Å². The Morgan fingerprint density at radius 1 is 1.40 bits per heavy atom. The van der Waals surface area contributed by atoms with E-state index in [0.29, 0.717) is 12.6 Å². The topological polar surface area (TPSA) is 58.4 Å². The van der Waals surface area contributed by atoms with Crippen LogP contribution in [0.1, 0.15) is 34.1 Å². The smallest absolute Gasteiger partial charge is 0.235 e. The number of amides is 1. The Balaban J connectivity index is 4.18. The molecule has 3 N–H and O–H groups in total. The number of rotatable bonds is 8. The first kappa shape index (κ1) is 14.4. The standard InChI is InChI=1S/C11H25N3O/c1-5-7-13-10(11(12)15)8-14(6-2)9(3)4/h9-10,13H,5-8H2,1-4H3,(H2,12,15). The molecule has 0 rings (SSSR count). The molecule has 1 amide bonds. The number of hydrogen-bond acceptors (Lipinski definition) is 3. The third kappa shape index (κ3) is 5.74. The van der Waals surface area contributed by atoms with E-state index in [2.05, 4.69) is 37.9 Å². The highest BCUT2D eigenvalue weighted by atomic mass is 16.1. The molecule has 0 saturated carbocycles. The van der Waals surface area contributed by atoms with Crippen molar-refractivity contribution in [1.29, 1.82) is 0 Å². The highest BCUT2D eigenvalue weighted by Crippen LogP contribution is 1.99. The molecule has 0 spiro atoms. The predicted molar refractivity (Wildman–Crippen MR) is 63.7 cm³/mol. The van der Waals surface area contributed by atoms with Gasteiger partial charge in [0, 0.05) is 12.6 Å². The van der Waals surface area contributed by atoms with Gasteiger partial charge < -0.3 is 11.1 Å². The third-order valence-electron chi connectivity index (χ3n) is 2.54. The summed E-state index contributed by atoms with van der Waals surface area (Å²) < 4.78 is 0. The van der Waals surface area contributed by atoms with Crippen LogP contribution in [0.5, 0.6) is 0 Å². The molecular weight excluding hydrogens is 190 g/mol. The van der Waals surface area contributed by atoms with Crippen molar-refractivity contribution in [1.82, 2.24) is 10.2 Å². The monoisotopic (exact) mass is 215 g/mol. The molecule has 15 heavy (non-hydrogen) atoms. The van der Waals surface area contributed by atoms with E-state index in [1.807, 2.05) is 0 Å². The van der Waals surface area contributed by atoms with Crippen molar-refractivity contribution in [2.45, 2.75) is 46.2 Å². The zero-order valence-corrected chi connectivity index (χ0v) is 10.4. The minimum absolute atomic E-state index is 0.229. The normalized spacial score (nSPS) is 13.5. The molecule has 0 aromatic rings. The molecule has 1 atom stereocenters. The van der Waals surface area contributed by atoms with Gasteiger partial charge >= 0.3 is 0 Å². The predicted octanol–water partition coefficient (Wildman–Crippen LogP) is 0.570. The zero-order chi connectivity index (χ0) is 11.8. The van der Waals surface area contributed by atoms with E-state index >= 15 is 0 Å². The van der Waals surface area contributed by atoms with Crippen LogP contribution in [0.2, 0.25) is 0 Å². The van der Waals surface area contributed by atoms with Gasteiger partial charge in [0.25, 0.3) is 0 Å². The zero-order valence-electron chi connectivity index (χ0n) is 10.4. The van der Waals surface area contributed by atoms with Crippen LogP contribution in [0.25, 0.3) is 0 Å². The lowest BCUT2D eigenvalue weighted by molar-refractivity contribution is -0.120. The van der Waals surface area contributed by atoms with E-state index in [1.165, 1.54) is 0 Å².